The van der Waals surface area contributed by atoms with Crippen LogP contribution in [-0.4, -0.2) is 17.6 Å². The molecule has 2 heteroatoms. The van der Waals surface area contributed by atoms with E-state index in [1.807, 2.05) is 0 Å². The van der Waals surface area contributed by atoms with Gasteiger partial charge in [-0.25, -0.2) is 0 Å². The summed E-state index contributed by atoms with van der Waals surface area (Å²) in [4.78, 5) is 0. The second kappa shape index (κ2) is 11.9. The SMILES string of the molecule is Cc1cc(C)cc([Si](c2cc(C)cc(C)c2)C(C[Si](c2ccccc2)c2ccccc2)c2ccccc2)c1. The zero-order valence-corrected chi connectivity index (χ0v) is 24.9. The minimum absolute atomic E-state index is 0.443. The monoisotopic (exact) mass is 524 g/mol. The molecule has 0 fully saturated rings. The van der Waals surface area contributed by atoms with Gasteiger partial charge in [-0.15, -0.1) is 0 Å². The molecule has 0 amide bonds. The fourth-order valence-electron chi connectivity index (χ4n) is 5.79. The molecule has 0 saturated heterocycles. The molecule has 0 aromatic heterocycles. The third-order valence-corrected chi connectivity index (χ3v) is 13.6. The van der Waals surface area contributed by atoms with E-state index in [1.54, 1.807) is 0 Å². The summed E-state index contributed by atoms with van der Waals surface area (Å²) >= 11 is 0. The average molecular weight is 525 g/mol. The number of hydrogen-bond acceptors (Lipinski definition) is 0. The van der Waals surface area contributed by atoms with Crippen molar-refractivity contribution >= 4 is 38.3 Å². The van der Waals surface area contributed by atoms with Crippen LogP contribution in [0.4, 0.5) is 0 Å². The highest BCUT2D eigenvalue weighted by Gasteiger charge is 2.33. The molecular weight excluding hydrogens is 489 g/mol. The maximum atomic E-state index is 2.46. The fourth-order valence-corrected chi connectivity index (χ4v) is 13.1. The van der Waals surface area contributed by atoms with Crippen LogP contribution in [0.3, 0.4) is 0 Å². The molecule has 188 valence electrons. The summed E-state index contributed by atoms with van der Waals surface area (Å²) in [5.41, 5.74) is 7.34. The van der Waals surface area contributed by atoms with Crippen molar-refractivity contribution in [2.75, 3.05) is 0 Å². The Morgan fingerprint density at radius 2 is 0.816 bits per heavy atom. The minimum atomic E-state index is -1.16. The predicted molar refractivity (Wildman–Crippen MR) is 169 cm³/mol. The van der Waals surface area contributed by atoms with Crippen molar-refractivity contribution in [2.45, 2.75) is 39.3 Å². The van der Waals surface area contributed by atoms with Gasteiger partial charge in [-0.05, 0) is 44.8 Å². The molecule has 0 nitrogen and oxygen atoms in total. The second-order valence-corrected chi connectivity index (χ2v) is 15.7. The number of benzene rings is 5. The predicted octanol–water partition coefficient (Wildman–Crippen LogP) is 6.16. The van der Waals surface area contributed by atoms with Crippen molar-refractivity contribution in [1.29, 1.82) is 0 Å². The molecule has 5 rings (SSSR count). The molecule has 0 aliphatic rings. The van der Waals surface area contributed by atoms with Crippen LogP contribution in [0.2, 0.25) is 6.04 Å². The number of aryl methyl sites for hydroxylation is 4. The zero-order chi connectivity index (χ0) is 26.5. The lowest BCUT2D eigenvalue weighted by Crippen LogP contribution is -2.52. The van der Waals surface area contributed by atoms with Gasteiger partial charge in [0.2, 0.25) is 0 Å². The quantitative estimate of drug-likeness (QED) is 0.213. The maximum Gasteiger partial charge on any atom is 0.128 e. The first-order chi connectivity index (χ1) is 18.5. The van der Waals surface area contributed by atoms with Crippen LogP contribution in [-0.2, 0) is 0 Å². The van der Waals surface area contributed by atoms with Crippen LogP contribution in [0, 0.1) is 27.7 Å². The van der Waals surface area contributed by atoms with E-state index in [9.17, 15) is 0 Å². The molecule has 5 aromatic carbocycles. The second-order valence-electron chi connectivity index (χ2n) is 10.5. The van der Waals surface area contributed by atoms with Gasteiger partial charge in [0.15, 0.2) is 0 Å². The van der Waals surface area contributed by atoms with E-state index in [-0.39, 0.29) is 0 Å². The molecule has 0 spiro atoms. The van der Waals surface area contributed by atoms with Crippen LogP contribution < -0.4 is 20.7 Å². The molecule has 0 aliphatic carbocycles. The van der Waals surface area contributed by atoms with Crippen molar-refractivity contribution in [2.24, 2.45) is 0 Å². The maximum absolute atomic E-state index is 2.46. The van der Waals surface area contributed by atoms with Crippen LogP contribution in [0.5, 0.6) is 0 Å². The lowest BCUT2D eigenvalue weighted by Gasteiger charge is -2.31. The summed E-state index contributed by atoms with van der Waals surface area (Å²) in [6, 6.07) is 49.5. The summed E-state index contributed by atoms with van der Waals surface area (Å²) in [7, 11) is -2.18. The van der Waals surface area contributed by atoms with Gasteiger partial charge in [0.05, 0.1) is 0 Å². The van der Waals surface area contributed by atoms with E-state index < -0.39 is 17.6 Å². The van der Waals surface area contributed by atoms with Gasteiger partial charge in [-0.3, -0.25) is 0 Å². The third kappa shape index (κ3) is 6.15. The Morgan fingerprint density at radius 3 is 1.21 bits per heavy atom. The van der Waals surface area contributed by atoms with Gasteiger partial charge in [0.25, 0.3) is 0 Å². The summed E-state index contributed by atoms with van der Waals surface area (Å²) in [6.07, 6.45) is 0. The van der Waals surface area contributed by atoms with E-state index >= 15 is 0 Å². The highest BCUT2D eigenvalue weighted by atomic mass is 28.3. The van der Waals surface area contributed by atoms with Gasteiger partial charge in [-0.2, -0.15) is 0 Å². The third-order valence-electron chi connectivity index (χ3n) is 7.27. The van der Waals surface area contributed by atoms with E-state index in [0.29, 0.717) is 5.54 Å². The molecule has 38 heavy (non-hydrogen) atoms. The molecule has 0 N–H and O–H groups in total. The molecular formula is C36H36Si2. The Balaban J connectivity index is 1.72. The van der Waals surface area contributed by atoms with Crippen molar-refractivity contribution in [3.05, 3.63) is 155 Å². The van der Waals surface area contributed by atoms with Gasteiger partial charge in [0.1, 0.15) is 17.6 Å². The largest absolute Gasteiger partial charge is 0.128 e. The molecule has 5 aromatic rings. The normalized spacial score (nSPS) is 12.2. The Morgan fingerprint density at radius 1 is 0.447 bits per heavy atom. The van der Waals surface area contributed by atoms with E-state index in [4.69, 9.17) is 0 Å². The van der Waals surface area contributed by atoms with Gasteiger partial charge < -0.3 is 0 Å². The van der Waals surface area contributed by atoms with Gasteiger partial charge in [0, 0.05) is 0 Å². The summed E-state index contributed by atoms with van der Waals surface area (Å²) < 4.78 is 0. The molecule has 1 atom stereocenters. The number of rotatable bonds is 8. The first-order valence-electron chi connectivity index (χ1n) is 13.5. The zero-order valence-electron chi connectivity index (χ0n) is 22.9. The minimum Gasteiger partial charge on any atom is -0.0628 e. The first-order valence-corrected chi connectivity index (χ1v) is 16.8. The Bertz CT molecular complexity index is 1350. The van der Waals surface area contributed by atoms with Crippen molar-refractivity contribution in [3.8, 4) is 0 Å². The van der Waals surface area contributed by atoms with Gasteiger partial charge in [-0.1, -0.05) is 170 Å². The lowest BCUT2D eigenvalue weighted by atomic mass is 10.1. The standard InChI is InChI=1S/C36H36Si2/c1-27-20-28(2)23-34(22-27)38(35-24-29(3)21-30(4)25-35)36(31-14-8-5-9-15-31)26-37(32-16-10-6-11-17-32)33-18-12-7-13-19-33/h5-25,36H,26H2,1-4H3. The smallest absolute Gasteiger partial charge is 0.0628 e. The van der Waals surface area contributed by atoms with E-state index in [2.05, 4.69) is 155 Å². The van der Waals surface area contributed by atoms with E-state index in [0.717, 1.165) is 6.04 Å². The topological polar surface area (TPSA) is 0 Å². The molecule has 1 unspecified atom stereocenters. The first kappa shape index (κ1) is 26.2. The molecule has 0 bridgehead atoms. The molecule has 0 heterocycles. The Labute approximate surface area is 232 Å². The summed E-state index contributed by atoms with van der Waals surface area (Å²) in [5, 5.41) is 6.03. The Hall–Kier alpha value is -3.47. The summed E-state index contributed by atoms with van der Waals surface area (Å²) in [6.45, 7) is 8.99. The number of hydrogen-bond donors (Lipinski definition) is 0. The highest BCUT2D eigenvalue weighted by molar-refractivity contribution is 6.90. The van der Waals surface area contributed by atoms with Crippen molar-refractivity contribution < 1.29 is 0 Å². The van der Waals surface area contributed by atoms with Crippen LogP contribution >= 0.6 is 0 Å². The lowest BCUT2D eigenvalue weighted by molar-refractivity contribution is 1.04. The summed E-state index contributed by atoms with van der Waals surface area (Å²) in [5.74, 6) is 0. The van der Waals surface area contributed by atoms with Gasteiger partial charge >= 0.3 is 0 Å². The van der Waals surface area contributed by atoms with Crippen LogP contribution in [0.15, 0.2) is 127 Å². The fraction of sp³-hybridized carbons (Fsp3) is 0.167. The Kier molecular flexibility index (Phi) is 8.21. The van der Waals surface area contributed by atoms with Crippen molar-refractivity contribution in [3.63, 3.8) is 0 Å². The van der Waals surface area contributed by atoms with E-state index in [1.165, 1.54) is 48.6 Å². The molecule has 0 saturated carbocycles. The van der Waals surface area contributed by atoms with Crippen molar-refractivity contribution in [1.82, 2.24) is 0 Å². The molecule has 0 aliphatic heterocycles. The average Bonchev–Trinajstić information content (AvgIpc) is 2.91. The molecule has 2 radical (unpaired) electrons. The van der Waals surface area contributed by atoms with Crippen LogP contribution in [0.1, 0.15) is 33.4 Å². The van der Waals surface area contributed by atoms with Crippen LogP contribution in [0.25, 0.3) is 0 Å². The highest BCUT2D eigenvalue weighted by Crippen LogP contribution is 2.26.